The number of aliphatic imine (C=N–C) groups is 1. The van der Waals surface area contributed by atoms with Gasteiger partial charge < -0.3 is 4.98 Å². The molecule has 4 nitrogen and oxygen atoms in total. The Balaban J connectivity index is 2.13. The van der Waals surface area contributed by atoms with E-state index in [1.807, 2.05) is 30.3 Å². The summed E-state index contributed by atoms with van der Waals surface area (Å²) in [5.74, 6) is 0.758. The van der Waals surface area contributed by atoms with Crippen molar-refractivity contribution in [1.29, 1.82) is 0 Å². The summed E-state index contributed by atoms with van der Waals surface area (Å²) >= 11 is 0. The zero-order valence-corrected chi connectivity index (χ0v) is 12.8. The van der Waals surface area contributed by atoms with Crippen molar-refractivity contribution >= 4 is 22.5 Å². The Labute approximate surface area is 128 Å². The van der Waals surface area contributed by atoms with Crippen molar-refractivity contribution in [3.8, 4) is 0 Å². The van der Waals surface area contributed by atoms with Crippen LogP contribution in [0, 0.1) is 6.92 Å². The zero-order valence-electron chi connectivity index (χ0n) is 12.8. The van der Waals surface area contributed by atoms with Gasteiger partial charge in [0.25, 0.3) is 0 Å². The molecular weight excluding hydrogens is 274 g/mol. The smallest absolute Gasteiger partial charge is 0.159 e. The minimum absolute atomic E-state index is 0.0429. The average molecular weight is 291 g/mol. The number of carbonyl (C=O) groups is 1. The summed E-state index contributed by atoms with van der Waals surface area (Å²) in [4.78, 5) is 23.8. The van der Waals surface area contributed by atoms with E-state index in [9.17, 15) is 4.79 Å². The molecule has 0 amide bonds. The highest BCUT2D eigenvalue weighted by molar-refractivity contribution is 6.12. The van der Waals surface area contributed by atoms with Crippen molar-refractivity contribution < 1.29 is 4.79 Å². The van der Waals surface area contributed by atoms with Gasteiger partial charge in [0.2, 0.25) is 0 Å². The third-order valence-electron chi connectivity index (χ3n) is 3.74. The van der Waals surface area contributed by atoms with Crippen LogP contribution < -0.4 is 0 Å². The lowest BCUT2D eigenvalue weighted by Gasteiger charge is -2.06. The predicted octanol–water partition coefficient (Wildman–Crippen LogP) is 3.54. The highest BCUT2D eigenvalue weighted by Crippen LogP contribution is 2.18. The number of aromatic nitrogens is 2. The minimum Gasteiger partial charge on any atom is -0.337 e. The molecule has 1 aromatic heterocycles. The summed E-state index contributed by atoms with van der Waals surface area (Å²) in [6, 6.07) is 13.6. The fourth-order valence-corrected chi connectivity index (χ4v) is 2.53. The molecule has 0 saturated heterocycles. The van der Waals surface area contributed by atoms with Crippen LogP contribution in [0.4, 0.5) is 0 Å². The van der Waals surface area contributed by atoms with E-state index in [1.165, 1.54) is 0 Å². The van der Waals surface area contributed by atoms with Gasteiger partial charge in [-0.3, -0.25) is 9.79 Å². The van der Waals surface area contributed by atoms with Gasteiger partial charge in [-0.05, 0) is 37.6 Å². The van der Waals surface area contributed by atoms with Gasteiger partial charge in [0.1, 0.15) is 5.71 Å². The molecule has 110 valence electrons. The number of rotatable bonds is 3. The Bertz CT molecular complexity index is 890. The molecule has 0 aliphatic heterocycles. The van der Waals surface area contributed by atoms with Crippen LogP contribution >= 0.6 is 0 Å². The summed E-state index contributed by atoms with van der Waals surface area (Å²) in [5, 5.41) is 0. The number of Topliss-reactive ketones (excluding diaryl/α,β-unsaturated/α-hetero) is 1. The SMILES string of the molecule is CN=C(c1nc2ccc(C(C)=O)cc2[nH]1)c1ccccc1C. The third kappa shape index (κ3) is 2.44. The quantitative estimate of drug-likeness (QED) is 0.592. The number of hydrogen-bond acceptors (Lipinski definition) is 3. The second-order valence-corrected chi connectivity index (χ2v) is 5.26. The molecular formula is C18H17N3O. The Morgan fingerprint density at radius 1 is 1.18 bits per heavy atom. The fraction of sp³-hybridized carbons (Fsp3) is 0.167. The van der Waals surface area contributed by atoms with E-state index in [0.717, 1.165) is 27.9 Å². The van der Waals surface area contributed by atoms with E-state index in [1.54, 1.807) is 20.0 Å². The van der Waals surface area contributed by atoms with Crippen molar-refractivity contribution in [2.75, 3.05) is 7.05 Å². The van der Waals surface area contributed by atoms with E-state index in [-0.39, 0.29) is 5.78 Å². The van der Waals surface area contributed by atoms with Gasteiger partial charge in [0.15, 0.2) is 11.6 Å². The highest BCUT2D eigenvalue weighted by Gasteiger charge is 2.13. The monoisotopic (exact) mass is 291 g/mol. The molecule has 1 heterocycles. The van der Waals surface area contributed by atoms with Crippen LogP contribution in [0.3, 0.4) is 0 Å². The molecule has 0 atom stereocenters. The molecule has 0 fully saturated rings. The van der Waals surface area contributed by atoms with E-state index < -0.39 is 0 Å². The van der Waals surface area contributed by atoms with Crippen molar-refractivity contribution in [2.24, 2.45) is 4.99 Å². The predicted molar refractivity (Wildman–Crippen MR) is 88.8 cm³/mol. The normalized spacial score (nSPS) is 11.9. The molecule has 1 N–H and O–H groups in total. The van der Waals surface area contributed by atoms with Crippen LogP contribution in [0.25, 0.3) is 11.0 Å². The summed E-state index contributed by atoms with van der Waals surface area (Å²) in [5.41, 5.74) is 5.36. The first kappa shape index (κ1) is 14.2. The summed E-state index contributed by atoms with van der Waals surface area (Å²) in [6.07, 6.45) is 0. The molecule has 3 aromatic rings. The standard InChI is InChI=1S/C18H17N3O/c1-11-6-4-5-7-14(11)17(19-3)18-20-15-9-8-13(12(2)22)10-16(15)21-18/h4-10H,1-3H3,(H,20,21). The Kier molecular flexibility index (Phi) is 3.59. The number of nitrogens with zero attached hydrogens (tertiary/aromatic N) is 2. The molecule has 22 heavy (non-hydrogen) atoms. The highest BCUT2D eigenvalue weighted by atomic mass is 16.1. The number of aromatic amines is 1. The number of nitrogens with one attached hydrogen (secondary N) is 1. The van der Waals surface area contributed by atoms with Crippen molar-refractivity contribution in [3.05, 3.63) is 65.0 Å². The molecule has 3 rings (SSSR count). The fourth-order valence-electron chi connectivity index (χ4n) is 2.53. The van der Waals surface area contributed by atoms with Crippen molar-refractivity contribution in [2.45, 2.75) is 13.8 Å². The number of ketones is 1. The van der Waals surface area contributed by atoms with Gasteiger partial charge in [-0.15, -0.1) is 0 Å². The maximum absolute atomic E-state index is 11.5. The van der Waals surface area contributed by atoms with Crippen LogP contribution in [0.1, 0.15) is 34.2 Å². The lowest BCUT2D eigenvalue weighted by atomic mass is 10.0. The van der Waals surface area contributed by atoms with Gasteiger partial charge in [-0.2, -0.15) is 0 Å². The average Bonchev–Trinajstić information content (AvgIpc) is 2.92. The van der Waals surface area contributed by atoms with E-state index in [4.69, 9.17) is 0 Å². The van der Waals surface area contributed by atoms with Gasteiger partial charge in [0, 0.05) is 18.2 Å². The topological polar surface area (TPSA) is 58.1 Å². The molecule has 0 aliphatic carbocycles. The Morgan fingerprint density at radius 3 is 2.64 bits per heavy atom. The lowest BCUT2D eigenvalue weighted by Crippen LogP contribution is -2.07. The number of hydrogen-bond donors (Lipinski definition) is 1. The number of aryl methyl sites for hydroxylation is 1. The molecule has 0 saturated carbocycles. The summed E-state index contributed by atoms with van der Waals surface area (Å²) < 4.78 is 0. The summed E-state index contributed by atoms with van der Waals surface area (Å²) in [6.45, 7) is 3.61. The number of imidazole rings is 1. The lowest BCUT2D eigenvalue weighted by molar-refractivity contribution is 0.101. The van der Waals surface area contributed by atoms with E-state index >= 15 is 0 Å². The van der Waals surface area contributed by atoms with Crippen molar-refractivity contribution in [3.63, 3.8) is 0 Å². The van der Waals surface area contributed by atoms with Crippen LogP contribution in [-0.2, 0) is 0 Å². The van der Waals surface area contributed by atoms with Gasteiger partial charge in [0.05, 0.1) is 11.0 Å². The molecule has 2 aromatic carbocycles. The second-order valence-electron chi connectivity index (χ2n) is 5.26. The van der Waals surface area contributed by atoms with Gasteiger partial charge in [-0.25, -0.2) is 4.98 Å². The van der Waals surface area contributed by atoms with Gasteiger partial charge in [-0.1, -0.05) is 24.3 Å². The molecule has 0 spiro atoms. The molecule has 0 bridgehead atoms. The van der Waals surface area contributed by atoms with Crippen LogP contribution in [-0.4, -0.2) is 28.5 Å². The first-order valence-corrected chi connectivity index (χ1v) is 7.14. The first-order chi connectivity index (χ1) is 10.6. The zero-order chi connectivity index (χ0) is 15.7. The molecule has 0 aliphatic rings. The maximum Gasteiger partial charge on any atom is 0.159 e. The third-order valence-corrected chi connectivity index (χ3v) is 3.74. The van der Waals surface area contributed by atoms with Crippen LogP contribution in [0.5, 0.6) is 0 Å². The minimum atomic E-state index is 0.0429. The maximum atomic E-state index is 11.5. The molecule has 0 unspecified atom stereocenters. The molecule has 0 radical (unpaired) electrons. The number of fused-ring (bicyclic) bond motifs is 1. The summed E-state index contributed by atoms with van der Waals surface area (Å²) in [7, 11) is 1.76. The Hall–Kier alpha value is -2.75. The van der Waals surface area contributed by atoms with Crippen LogP contribution in [0.2, 0.25) is 0 Å². The first-order valence-electron chi connectivity index (χ1n) is 7.14. The second kappa shape index (κ2) is 5.56. The van der Waals surface area contributed by atoms with Gasteiger partial charge >= 0.3 is 0 Å². The number of benzene rings is 2. The number of H-pyrrole nitrogens is 1. The van der Waals surface area contributed by atoms with E-state index in [0.29, 0.717) is 11.4 Å². The molecule has 4 heteroatoms. The van der Waals surface area contributed by atoms with Crippen LogP contribution in [0.15, 0.2) is 47.5 Å². The largest absolute Gasteiger partial charge is 0.337 e. The number of carbonyl (C=O) groups excluding carboxylic acids is 1. The van der Waals surface area contributed by atoms with Crippen molar-refractivity contribution in [1.82, 2.24) is 9.97 Å². The van der Waals surface area contributed by atoms with E-state index in [2.05, 4.69) is 28.0 Å². The Morgan fingerprint density at radius 2 is 1.95 bits per heavy atom.